The first kappa shape index (κ1) is 10.4. The molecule has 5 heteroatoms. The van der Waals surface area contributed by atoms with Gasteiger partial charge in [-0.05, 0) is 23.8 Å². The molecule has 16 heavy (non-hydrogen) atoms. The topological polar surface area (TPSA) is 66.0 Å². The van der Waals surface area contributed by atoms with Gasteiger partial charge in [-0.1, -0.05) is 12.1 Å². The van der Waals surface area contributed by atoms with Crippen molar-refractivity contribution < 1.29 is 14.3 Å². The van der Waals surface area contributed by atoms with Gasteiger partial charge in [0.1, 0.15) is 5.82 Å². The third-order valence-electron chi connectivity index (χ3n) is 2.16. The summed E-state index contributed by atoms with van der Waals surface area (Å²) in [5.74, 6) is -1.36. The van der Waals surface area contributed by atoms with Gasteiger partial charge in [-0.25, -0.2) is 9.18 Å². The van der Waals surface area contributed by atoms with E-state index in [1.165, 1.54) is 18.2 Å². The van der Waals surface area contributed by atoms with Gasteiger partial charge in [0.05, 0.1) is 0 Å². The highest BCUT2D eigenvalue weighted by Gasteiger charge is 2.08. The second kappa shape index (κ2) is 4.14. The standard InChI is InChI=1S/C11H9FN2O2/c12-8-3-1-7(2-4-8)5-9-6-10(11(15)16)14-13-9/h1-4,6H,5H2,(H,13,14)(H,15,16). The molecule has 1 heterocycles. The van der Waals surface area contributed by atoms with E-state index in [1.54, 1.807) is 12.1 Å². The van der Waals surface area contributed by atoms with E-state index in [1.807, 2.05) is 0 Å². The second-order valence-electron chi connectivity index (χ2n) is 3.39. The fourth-order valence-electron chi connectivity index (χ4n) is 1.38. The van der Waals surface area contributed by atoms with E-state index in [0.29, 0.717) is 12.1 Å². The van der Waals surface area contributed by atoms with Crippen LogP contribution in [0.2, 0.25) is 0 Å². The average molecular weight is 220 g/mol. The maximum atomic E-state index is 12.6. The number of aromatic carboxylic acids is 1. The Bertz CT molecular complexity index is 505. The van der Waals surface area contributed by atoms with Gasteiger partial charge in [0.2, 0.25) is 0 Å². The van der Waals surface area contributed by atoms with Crippen molar-refractivity contribution in [3.05, 3.63) is 53.1 Å². The molecule has 0 spiro atoms. The molecule has 2 N–H and O–H groups in total. The third kappa shape index (κ3) is 2.25. The summed E-state index contributed by atoms with van der Waals surface area (Å²) < 4.78 is 12.6. The van der Waals surface area contributed by atoms with Crippen molar-refractivity contribution in [2.75, 3.05) is 0 Å². The Labute approximate surface area is 90.7 Å². The Morgan fingerprint density at radius 2 is 2.06 bits per heavy atom. The summed E-state index contributed by atoms with van der Waals surface area (Å²) >= 11 is 0. The number of nitrogens with zero attached hydrogens (tertiary/aromatic N) is 1. The molecule has 0 radical (unpaired) electrons. The maximum Gasteiger partial charge on any atom is 0.356 e. The number of aromatic nitrogens is 2. The van der Waals surface area contributed by atoms with Gasteiger partial charge in [0, 0.05) is 12.1 Å². The van der Waals surface area contributed by atoms with Crippen LogP contribution in [0.25, 0.3) is 0 Å². The van der Waals surface area contributed by atoms with Gasteiger partial charge in [-0.15, -0.1) is 0 Å². The predicted molar refractivity (Wildman–Crippen MR) is 54.8 cm³/mol. The molecule has 82 valence electrons. The van der Waals surface area contributed by atoms with Crippen LogP contribution in [0.4, 0.5) is 4.39 Å². The third-order valence-corrected chi connectivity index (χ3v) is 2.16. The Hall–Kier alpha value is -2.17. The minimum Gasteiger partial charge on any atom is -0.476 e. The quantitative estimate of drug-likeness (QED) is 0.829. The molecule has 1 aromatic carbocycles. The van der Waals surface area contributed by atoms with Crippen LogP contribution in [0, 0.1) is 5.82 Å². The Kier molecular flexibility index (Phi) is 2.68. The number of benzene rings is 1. The first-order chi connectivity index (χ1) is 7.65. The van der Waals surface area contributed by atoms with Crippen LogP contribution in [-0.2, 0) is 6.42 Å². The van der Waals surface area contributed by atoms with Crippen molar-refractivity contribution in [3.63, 3.8) is 0 Å². The monoisotopic (exact) mass is 220 g/mol. The summed E-state index contributed by atoms with van der Waals surface area (Å²) in [6.45, 7) is 0. The number of hydrogen-bond donors (Lipinski definition) is 2. The van der Waals surface area contributed by atoms with E-state index in [0.717, 1.165) is 5.56 Å². The summed E-state index contributed by atoms with van der Waals surface area (Å²) in [4.78, 5) is 10.6. The fraction of sp³-hybridized carbons (Fsp3) is 0.0909. The van der Waals surface area contributed by atoms with Gasteiger partial charge in [-0.2, -0.15) is 5.10 Å². The zero-order valence-corrected chi connectivity index (χ0v) is 8.27. The molecule has 0 aliphatic rings. The molecule has 0 saturated heterocycles. The molecule has 0 unspecified atom stereocenters. The second-order valence-corrected chi connectivity index (χ2v) is 3.39. The predicted octanol–water partition coefficient (Wildman–Crippen LogP) is 1.84. The van der Waals surface area contributed by atoms with Crippen molar-refractivity contribution in [1.82, 2.24) is 10.2 Å². The van der Waals surface area contributed by atoms with E-state index in [9.17, 15) is 9.18 Å². The lowest BCUT2D eigenvalue weighted by atomic mass is 10.1. The highest BCUT2D eigenvalue weighted by Crippen LogP contribution is 2.09. The molecule has 0 aliphatic heterocycles. The van der Waals surface area contributed by atoms with Gasteiger partial charge in [0.15, 0.2) is 5.69 Å². The largest absolute Gasteiger partial charge is 0.476 e. The molecular weight excluding hydrogens is 211 g/mol. The van der Waals surface area contributed by atoms with Crippen LogP contribution in [0.5, 0.6) is 0 Å². The molecule has 2 rings (SSSR count). The molecule has 0 amide bonds. The van der Waals surface area contributed by atoms with Crippen molar-refractivity contribution >= 4 is 5.97 Å². The fourth-order valence-corrected chi connectivity index (χ4v) is 1.38. The summed E-state index contributed by atoms with van der Waals surface area (Å²) in [5, 5.41) is 14.9. The lowest BCUT2D eigenvalue weighted by Gasteiger charge is -1.97. The van der Waals surface area contributed by atoms with Gasteiger partial charge < -0.3 is 5.11 Å². The lowest BCUT2D eigenvalue weighted by Crippen LogP contribution is -1.95. The number of carbonyl (C=O) groups is 1. The van der Waals surface area contributed by atoms with E-state index in [4.69, 9.17) is 5.11 Å². The minimum atomic E-state index is -1.07. The smallest absolute Gasteiger partial charge is 0.356 e. The highest BCUT2D eigenvalue weighted by molar-refractivity contribution is 5.85. The molecule has 0 fully saturated rings. The van der Waals surface area contributed by atoms with Crippen LogP contribution in [0.15, 0.2) is 30.3 Å². The minimum absolute atomic E-state index is 0.0166. The van der Waals surface area contributed by atoms with E-state index in [2.05, 4.69) is 10.2 Å². The zero-order chi connectivity index (χ0) is 11.5. The molecule has 4 nitrogen and oxygen atoms in total. The first-order valence-corrected chi connectivity index (χ1v) is 4.67. The Balaban J connectivity index is 2.14. The van der Waals surface area contributed by atoms with Crippen molar-refractivity contribution in [2.45, 2.75) is 6.42 Å². The molecule has 0 bridgehead atoms. The van der Waals surface area contributed by atoms with Gasteiger partial charge in [-0.3, -0.25) is 5.10 Å². The van der Waals surface area contributed by atoms with Crippen molar-refractivity contribution in [2.24, 2.45) is 0 Å². The molecular formula is C11H9FN2O2. The highest BCUT2D eigenvalue weighted by atomic mass is 19.1. The van der Waals surface area contributed by atoms with Crippen molar-refractivity contribution in [3.8, 4) is 0 Å². The normalized spacial score (nSPS) is 10.3. The summed E-state index contributed by atoms with van der Waals surface area (Å²) in [6.07, 6.45) is 0.501. The van der Waals surface area contributed by atoms with Crippen LogP contribution in [0.1, 0.15) is 21.7 Å². The van der Waals surface area contributed by atoms with Crippen molar-refractivity contribution in [1.29, 1.82) is 0 Å². The summed E-state index contributed by atoms with van der Waals surface area (Å²) in [7, 11) is 0. The van der Waals surface area contributed by atoms with Crippen LogP contribution < -0.4 is 0 Å². The van der Waals surface area contributed by atoms with Crippen LogP contribution in [0.3, 0.4) is 0 Å². The molecule has 0 atom stereocenters. The number of halogens is 1. The number of H-pyrrole nitrogens is 1. The summed E-state index contributed by atoms with van der Waals surface area (Å²) in [5.41, 5.74) is 1.56. The van der Waals surface area contributed by atoms with Crippen LogP contribution in [-0.4, -0.2) is 21.3 Å². The van der Waals surface area contributed by atoms with E-state index < -0.39 is 5.97 Å². The Morgan fingerprint density at radius 1 is 1.38 bits per heavy atom. The zero-order valence-electron chi connectivity index (χ0n) is 8.27. The van der Waals surface area contributed by atoms with Gasteiger partial charge in [0.25, 0.3) is 0 Å². The van der Waals surface area contributed by atoms with Gasteiger partial charge >= 0.3 is 5.97 Å². The number of aromatic amines is 1. The molecule has 0 saturated carbocycles. The summed E-state index contributed by atoms with van der Waals surface area (Å²) in [6, 6.07) is 7.49. The lowest BCUT2D eigenvalue weighted by molar-refractivity contribution is 0.0690. The van der Waals surface area contributed by atoms with E-state index >= 15 is 0 Å². The number of rotatable bonds is 3. The van der Waals surface area contributed by atoms with E-state index in [-0.39, 0.29) is 11.5 Å². The molecule has 1 aromatic heterocycles. The SMILES string of the molecule is O=C(O)c1cc(Cc2ccc(F)cc2)[nH]n1. The number of carboxylic acid groups (broad SMARTS) is 1. The average Bonchev–Trinajstić information content (AvgIpc) is 2.70. The maximum absolute atomic E-state index is 12.6. The molecule has 2 aromatic rings. The molecule has 0 aliphatic carbocycles. The first-order valence-electron chi connectivity index (χ1n) is 4.67. The number of hydrogen-bond acceptors (Lipinski definition) is 2. The number of carboxylic acids is 1. The number of nitrogens with one attached hydrogen (secondary N) is 1. The van der Waals surface area contributed by atoms with Crippen LogP contribution >= 0.6 is 0 Å². The Morgan fingerprint density at radius 3 is 2.62 bits per heavy atom.